The molecule has 0 bridgehead atoms. The zero-order valence-electron chi connectivity index (χ0n) is 16.4. The Morgan fingerprint density at radius 3 is 2.41 bits per heavy atom. The number of carbonyl (C=O) groups excluding carboxylic acids is 3. The minimum absolute atomic E-state index is 0.141. The minimum atomic E-state index is -0.692. The van der Waals surface area contributed by atoms with Crippen molar-refractivity contribution < 1.29 is 23.5 Å². The summed E-state index contributed by atoms with van der Waals surface area (Å²) in [4.78, 5) is 39.4. The molecule has 2 aromatic heterocycles. The topological polar surface area (TPSA) is 101 Å². The smallest absolute Gasteiger partial charge is 0.355 e. The highest BCUT2D eigenvalue weighted by molar-refractivity contribution is 6.01. The number of ketones is 1. The molecule has 7 nitrogen and oxygen atoms in total. The summed E-state index contributed by atoms with van der Waals surface area (Å²) in [5.41, 5.74) is 2.57. The van der Waals surface area contributed by atoms with E-state index in [1.807, 2.05) is 30.3 Å². The first-order chi connectivity index (χ1) is 13.9. The maximum Gasteiger partial charge on any atom is 0.355 e. The summed E-state index contributed by atoms with van der Waals surface area (Å²) >= 11 is 0. The lowest BCUT2D eigenvalue weighted by atomic mass is 10.0. The van der Waals surface area contributed by atoms with Crippen LogP contribution in [0.15, 0.2) is 53.1 Å². The minimum Gasteiger partial charge on any atom is -0.467 e. The number of hydrogen-bond donors (Lipinski definition) is 2. The number of carbonyl (C=O) groups is 3. The number of esters is 1. The zero-order chi connectivity index (χ0) is 21.0. The fourth-order valence-electron chi connectivity index (χ4n) is 3.31. The second-order valence-corrected chi connectivity index (χ2v) is 6.68. The van der Waals surface area contributed by atoms with E-state index in [1.54, 1.807) is 26.0 Å². The molecule has 7 heteroatoms. The standard InChI is InChI=1S/C22H22N2O5/c1-13-19(15(3)25)14(2)23-20(13)22(27)29-12-18(26)24-21(17-10-7-11-28-17)16-8-5-4-6-9-16/h4-11,21,23H,12H2,1-3H3,(H,24,26)/t21-/m1/s1. The molecule has 1 aromatic carbocycles. The van der Waals surface area contributed by atoms with Crippen LogP contribution in [0.1, 0.15) is 56.4 Å². The Bertz CT molecular complexity index is 1020. The Labute approximate surface area is 168 Å². The lowest BCUT2D eigenvalue weighted by molar-refractivity contribution is -0.124. The molecule has 0 aliphatic rings. The molecule has 2 heterocycles. The predicted octanol–water partition coefficient (Wildman–Crippen LogP) is 3.49. The number of amides is 1. The van der Waals surface area contributed by atoms with Crippen molar-refractivity contribution in [3.63, 3.8) is 0 Å². The second-order valence-electron chi connectivity index (χ2n) is 6.68. The van der Waals surface area contributed by atoms with Gasteiger partial charge in [0.05, 0.1) is 6.26 Å². The predicted molar refractivity (Wildman–Crippen MR) is 106 cm³/mol. The molecule has 1 amide bonds. The highest BCUT2D eigenvalue weighted by Crippen LogP contribution is 2.22. The summed E-state index contributed by atoms with van der Waals surface area (Å²) in [6, 6.07) is 12.3. The van der Waals surface area contributed by atoms with Gasteiger partial charge in [0.15, 0.2) is 12.4 Å². The lowest BCUT2D eigenvalue weighted by Gasteiger charge is -2.17. The number of nitrogens with one attached hydrogen (secondary N) is 2. The molecule has 2 N–H and O–H groups in total. The average Bonchev–Trinajstić information content (AvgIpc) is 3.32. The van der Waals surface area contributed by atoms with Crippen LogP contribution < -0.4 is 5.32 Å². The van der Waals surface area contributed by atoms with Gasteiger partial charge in [-0.3, -0.25) is 9.59 Å². The van der Waals surface area contributed by atoms with Crippen molar-refractivity contribution in [2.45, 2.75) is 26.8 Å². The summed E-state index contributed by atoms with van der Waals surface area (Å²) in [5, 5.41) is 2.82. The van der Waals surface area contributed by atoms with Crippen molar-refractivity contribution in [1.29, 1.82) is 0 Å². The van der Waals surface area contributed by atoms with Crippen molar-refractivity contribution in [2.24, 2.45) is 0 Å². The number of furan rings is 1. The van der Waals surface area contributed by atoms with Gasteiger partial charge in [-0.25, -0.2) is 4.79 Å². The highest BCUT2D eigenvalue weighted by atomic mass is 16.5. The third-order valence-corrected chi connectivity index (χ3v) is 4.59. The first-order valence-corrected chi connectivity index (χ1v) is 9.13. The van der Waals surface area contributed by atoms with Gasteiger partial charge in [0.1, 0.15) is 17.5 Å². The average molecular weight is 394 g/mol. The van der Waals surface area contributed by atoms with Crippen LogP contribution in [0.5, 0.6) is 0 Å². The van der Waals surface area contributed by atoms with Crippen molar-refractivity contribution in [1.82, 2.24) is 10.3 Å². The molecule has 0 fully saturated rings. The molecular formula is C22H22N2O5. The molecule has 0 saturated carbocycles. The van der Waals surface area contributed by atoms with E-state index in [-0.39, 0.29) is 11.5 Å². The third kappa shape index (κ3) is 4.45. The first kappa shape index (κ1) is 20.1. The van der Waals surface area contributed by atoms with Crippen LogP contribution in [0, 0.1) is 13.8 Å². The van der Waals surface area contributed by atoms with Gasteiger partial charge < -0.3 is 19.5 Å². The van der Waals surface area contributed by atoms with E-state index in [0.717, 1.165) is 5.56 Å². The number of H-pyrrole nitrogens is 1. The van der Waals surface area contributed by atoms with Crippen LogP contribution in [0.25, 0.3) is 0 Å². The number of hydrogen-bond acceptors (Lipinski definition) is 5. The van der Waals surface area contributed by atoms with Gasteiger partial charge in [0.25, 0.3) is 5.91 Å². The van der Waals surface area contributed by atoms with E-state index >= 15 is 0 Å². The number of ether oxygens (including phenoxy) is 1. The second kappa shape index (κ2) is 8.60. The number of rotatable bonds is 7. The summed E-state index contributed by atoms with van der Waals surface area (Å²) < 4.78 is 10.6. The van der Waals surface area contributed by atoms with E-state index < -0.39 is 24.5 Å². The summed E-state index contributed by atoms with van der Waals surface area (Å²) in [6.07, 6.45) is 1.53. The highest BCUT2D eigenvalue weighted by Gasteiger charge is 2.23. The summed E-state index contributed by atoms with van der Waals surface area (Å²) in [5.74, 6) is -0.742. The molecule has 0 radical (unpaired) electrons. The summed E-state index contributed by atoms with van der Waals surface area (Å²) in [6.45, 7) is 4.35. The molecule has 3 rings (SSSR count). The molecule has 0 spiro atoms. The first-order valence-electron chi connectivity index (χ1n) is 9.13. The van der Waals surface area contributed by atoms with Gasteiger partial charge >= 0.3 is 5.97 Å². The Morgan fingerprint density at radius 2 is 1.83 bits per heavy atom. The van der Waals surface area contributed by atoms with Crippen LogP contribution >= 0.6 is 0 Å². The maximum atomic E-state index is 12.4. The van der Waals surface area contributed by atoms with E-state index in [4.69, 9.17) is 9.15 Å². The number of benzene rings is 1. The van der Waals surface area contributed by atoms with E-state index in [9.17, 15) is 14.4 Å². The van der Waals surface area contributed by atoms with E-state index in [0.29, 0.717) is 22.6 Å². The van der Waals surface area contributed by atoms with E-state index in [2.05, 4.69) is 10.3 Å². The van der Waals surface area contributed by atoms with Crippen molar-refractivity contribution in [2.75, 3.05) is 6.61 Å². The monoisotopic (exact) mass is 394 g/mol. The molecule has 0 saturated heterocycles. The Morgan fingerprint density at radius 1 is 1.10 bits per heavy atom. The van der Waals surface area contributed by atoms with Gasteiger partial charge in [0, 0.05) is 11.3 Å². The van der Waals surface area contributed by atoms with Crippen LogP contribution in [-0.2, 0) is 9.53 Å². The van der Waals surface area contributed by atoms with Gasteiger partial charge in [-0.15, -0.1) is 0 Å². The van der Waals surface area contributed by atoms with Crippen molar-refractivity contribution in [3.8, 4) is 0 Å². The molecule has 0 unspecified atom stereocenters. The van der Waals surface area contributed by atoms with Crippen LogP contribution in [0.3, 0.4) is 0 Å². The van der Waals surface area contributed by atoms with E-state index in [1.165, 1.54) is 13.2 Å². The van der Waals surface area contributed by atoms with Gasteiger partial charge in [-0.05, 0) is 44.0 Å². The number of Topliss-reactive ketones (excluding diaryl/α,β-unsaturated/α-hetero) is 1. The number of aryl methyl sites for hydroxylation is 1. The molecule has 0 aliphatic heterocycles. The Balaban J connectivity index is 1.68. The molecule has 3 aromatic rings. The maximum absolute atomic E-state index is 12.4. The van der Waals surface area contributed by atoms with Gasteiger partial charge in [-0.1, -0.05) is 30.3 Å². The quantitative estimate of drug-likeness (QED) is 0.472. The van der Waals surface area contributed by atoms with Crippen LogP contribution in [0.4, 0.5) is 0 Å². The zero-order valence-corrected chi connectivity index (χ0v) is 16.4. The number of aromatic nitrogens is 1. The Kier molecular flexibility index (Phi) is 5.97. The van der Waals surface area contributed by atoms with Gasteiger partial charge in [-0.2, -0.15) is 0 Å². The largest absolute Gasteiger partial charge is 0.467 e. The summed E-state index contributed by atoms with van der Waals surface area (Å²) in [7, 11) is 0. The molecule has 150 valence electrons. The molecule has 1 atom stereocenters. The Hall–Kier alpha value is -3.61. The van der Waals surface area contributed by atoms with Gasteiger partial charge in [0.2, 0.25) is 0 Å². The van der Waals surface area contributed by atoms with Crippen molar-refractivity contribution in [3.05, 3.63) is 82.6 Å². The normalized spacial score (nSPS) is 11.7. The molecule has 0 aliphatic carbocycles. The third-order valence-electron chi connectivity index (χ3n) is 4.59. The number of aromatic amines is 1. The lowest BCUT2D eigenvalue weighted by Crippen LogP contribution is -2.33. The fourth-order valence-corrected chi connectivity index (χ4v) is 3.31. The van der Waals surface area contributed by atoms with Crippen LogP contribution in [0.2, 0.25) is 0 Å². The fraction of sp³-hybridized carbons (Fsp3) is 0.227. The molecular weight excluding hydrogens is 372 g/mol. The SMILES string of the molecule is CC(=O)c1c(C)[nH]c(C(=O)OCC(=O)N[C@H](c2ccccc2)c2ccco2)c1C. The molecule has 29 heavy (non-hydrogen) atoms. The van der Waals surface area contributed by atoms with Crippen molar-refractivity contribution >= 4 is 17.7 Å². The van der Waals surface area contributed by atoms with Crippen LogP contribution in [-0.4, -0.2) is 29.3 Å².